The minimum atomic E-state index is -0.348. The van der Waals surface area contributed by atoms with Crippen LogP contribution in [0.25, 0.3) is 11.0 Å². The van der Waals surface area contributed by atoms with Gasteiger partial charge in [-0.05, 0) is 72.1 Å². The van der Waals surface area contributed by atoms with Gasteiger partial charge in [0.2, 0.25) is 0 Å². The molecule has 0 bridgehead atoms. The summed E-state index contributed by atoms with van der Waals surface area (Å²) in [6, 6.07) is 24.1. The lowest BCUT2D eigenvalue weighted by atomic mass is 10.1. The number of aryl methyl sites for hydroxylation is 1. The van der Waals surface area contributed by atoms with Gasteiger partial charge >= 0.3 is 5.63 Å². The van der Waals surface area contributed by atoms with Gasteiger partial charge in [0.25, 0.3) is 0 Å². The summed E-state index contributed by atoms with van der Waals surface area (Å²) >= 11 is 0. The first-order valence-electron chi connectivity index (χ1n) is 9.72. The summed E-state index contributed by atoms with van der Waals surface area (Å²) in [6.07, 6.45) is 0.888. The van der Waals surface area contributed by atoms with Crippen LogP contribution in [0.3, 0.4) is 0 Å². The number of ether oxygens (including phenoxy) is 1. The first kappa shape index (κ1) is 19.3. The van der Waals surface area contributed by atoms with Crippen molar-refractivity contribution in [2.24, 2.45) is 0 Å². The topological polar surface area (TPSA) is 75.3 Å². The molecule has 3 aromatic carbocycles. The van der Waals surface area contributed by atoms with Crippen LogP contribution in [-0.2, 0) is 13.0 Å². The average Bonchev–Trinajstić information content (AvgIpc) is 2.78. The Kier molecular flexibility index (Phi) is 5.49. The largest absolute Gasteiger partial charge is 0.457 e. The molecule has 5 nitrogen and oxygen atoms in total. The SMILES string of the molecule is CCc1ccc2c(CNc3ccc(Oc4ccc(C#N)cc4)cc3)cc(=O)oc2c1. The Labute approximate surface area is 174 Å². The second kappa shape index (κ2) is 8.54. The van der Waals surface area contributed by atoms with Crippen LogP contribution in [0.5, 0.6) is 11.5 Å². The third kappa shape index (κ3) is 4.34. The van der Waals surface area contributed by atoms with Crippen molar-refractivity contribution in [3.8, 4) is 17.6 Å². The van der Waals surface area contributed by atoms with Gasteiger partial charge in [0.15, 0.2) is 0 Å². The number of anilines is 1. The Balaban J connectivity index is 1.46. The van der Waals surface area contributed by atoms with Crippen molar-refractivity contribution in [3.63, 3.8) is 0 Å². The van der Waals surface area contributed by atoms with Gasteiger partial charge in [-0.2, -0.15) is 5.26 Å². The standard InChI is InChI=1S/C25H20N2O3/c1-2-17-5-12-23-19(14-25(28)30-24(23)13-17)16-27-20-6-10-22(11-7-20)29-21-8-3-18(15-26)4-9-21/h3-14,27H,2,16H2,1H3. The maximum absolute atomic E-state index is 11.9. The fourth-order valence-corrected chi connectivity index (χ4v) is 3.21. The Morgan fingerprint density at radius 1 is 0.967 bits per heavy atom. The van der Waals surface area contributed by atoms with E-state index < -0.39 is 0 Å². The first-order valence-corrected chi connectivity index (χ1v) is 9.72. The van der Waals surface area contributed by atoms with Crippen LogP contribution in [0.4, 0.5) is 5.69 Å². The smallest absolute Gasteiger partial charge is 0.336 e. The molecule has 0 saturated heterocycles. The molecular weight excluding hydrogens is 376 g/mol. The molecule has 0 spiro atoms. The lowest BCUT2D eigenvalue weighted by Crippen LogP contribution is -2.06. The lowest BCUT2D eigenvalue weighted by Gasteiger charge is -2.10. The molecule has 4 aromatic rings. The van der Waals surface area contributed by atoms with Gasteiger partial charge in [0.1, 0.15) is 17.1 Å². The zero-order valence-corrected chi connectivity index (χ0v) is 16.5. The molecule has 148 valence electrons. The van der Waals surface area contributed by atoms with Gasteiger partial charge in [-0.3, -0.25) is 0 Å². The van der Waals surface area contributed by atoms with Crippen LogP contribution in [0.15, 0.2) is 82.0 Å². The highest BCUT2D eigenvalue weighted by atomic mass is 16.5. The quantitative estimate of drug-likeness (QED) is 0.427. The van der Waals surface area contributed by atoms with Crippen molar-refractivity contribution in [2.75, 3.05) is 5.32 Å². The second-order valence-corrected chi connectivity index (χ2v) is 6.89. The first-order chi connectivity index (χ1) is 14.6. The summed E-state index contributed by atoms with van der Waals surface area (Å²) < 4.78 is 11.2. The molecule has 0 unspecified atom stereocenters. The van der Waals surface area contributed by atoms with E-state index in [1.165, 1.54) is 6.07 Å². The Morgan fingerprint density at radius 3 is 2.33 bits per heavy atom. The molecule has 0 radical (unpaired) electrons. The van der Waals surface area contributed by atoms with E-state index >= 15 is 0 Å². The average molecular weight is 396 g/mol. The normalized spacial score (nSPS) is 10.5. The number of nitrogens with zero attached hydrogens (tertiary/aromatic N) is 1. The van der Waals surface area contributed by atoms with E-state index in [0.717, 1.165) is 28.6 Å². The number of rotatable bonds is 6. The fourth-order valence-electron chi connectivity index (χ4n) is 3.21. The zero-order chi connectivity index (χ0) is 20.9. The van der Waals surface area contributed by atoms with Gasteiger partial charge in [0.05, 0.1) is 11.6 Å². The van der Waals surface area contributed by atoms with Crippen molar-refractivity contribution in [1.29, 1.82) is 5.26 Å². The number of fused-ring (bicyclic) bond motifs is 1. The highest BCUT2D eigenvalue weighted by molar-refractivity contribution is 5.81. The summed E-state index contributed by atoms with van der Waals surface area (Å²) in [4.78, 5) is 11.9. The van der Waals surface area contributed by atoms with Gasteiger partial charge in [-0.1, -0.05) is 19.1 Å². The summed E-state index contributed by atoms with van der Waals surface area (Å²) in [5.41, 5.74) is 3.79. The van der Waals surface area contributed by atoms with E-state index in [-0.39, 0.29) is 5.63 Å². The van der Waals surface area contributed by atoms with Gasteiger partial charge < -0.3 is 14.5 Å². The monoisotopic (exact) mass is 396 g/mol. The highest BCUT2D eigenvalue weighted by Gasteiger charge is 2.07. The second-order valence-electron chi connectivity index (χ2n) is 6.89. The zero-order valence-electron chi connectivity index (χ0n) is 16.5. The molecule has 5 heteroatoms. The van der Waals surface area contributed by atoms with Crippen molar-refractivity contribution >= 4 is 16.7 Å². The minimum absolute atomic E-state index is 0.348. The van der Waals surface area contributed by atoms with Crippen molar-refractivity contribution < 1.29 is 9.15 Å². The Hall–Kier alpha value is -4.04. The summed E-state index contributed by atoms with van der Waals surface area (Å²) in [5, 5.41) is 13.1. The van der Waals surface area contributed by atoms with Crippen molar-refractivity contribution in [1.82, 2.24) is 0 Å². The van der Waals surface area contributed by atoms with Gasteiger partial charge in [-0.25, -0.2) is 4.79 Å². The van der Waals surface area contributed by atoms with E-state index in [1.807, 2.05) is 36.4 Å². The fraction of sp³-hybridized carbons (Fsp3) is 0.120. The number of hydrogen-bond acceptors (Lipinski definition) is 5. The molecule has 0 aliphatic carbocycles. The molecule has 30 heavy (non-hydrogen) atoms. The van der Waals surface area contributed by atoms with Crippen molar-refractivity contribution in [2.45, 2.75) is 19.9 Å². The maximum Gasteiger partial charge on any atom is 0.336 e. The predicted octanol–water partition coefficient (Wildman–Crippen LogP) is 5.63. The van der Waals surface area contributed by atoms with Gasteiger partial charge in [0, 0.05) is 23.7 Å². The highest BCUT2D eigenvalue weighted by Crippen LogP contribution is 2.24. The van der Waals surface area contributed by atoms with E-state index in [2.05, 4.69) is 24.4 Å². The van der Waals surface area contributed by atoms with Crippen LogP contribution in [0.1, 0.15) is 23.6 Å². The molecule has 0 atom stereocenters. The molecule has 0 aliphatic heterocycles. The van der Waals surface area contributed by atoms with E-state index in [0.29, 0.717) is 29.2 Å². The number of nitriles is 1. The summed E-state index contributed by atoms with van der Waals surface area (Å²) in [6.45, 7) is 2.57. The molecular formula is C25H20N2O3. The molecule has 1 heterocycles. The van der Waals surface area contributed by atoms with Crippen LogP contribution in [0.2, 0.25) is 0 Å². The van der Waals surface area contributed by atoms with E-state index in [4.69, 9.17) is 14.4 Å². The van der Waals surface area contributed by atoms with Crippen LogP contribution in [-0.4, -0.2) is 0 Å². The Morgan fingerprint density at radius 2 is 1.67 bits per heavy atom. The number of nitrogens with one attached hydrogen (secondary N) is 1. The number of benzene rings is 3. The molecule has 0 amide bonds. The maximum atomic E-state index is 11.9. The third-order valence-corrected chi connectivity index (χ3v) is 4.86. The lowest BCUT2D eigenvalue weighted by molar-refractivity contribution is 0.482. The van der Waals surface area contributed by atoms with Crippen LogP contribution >= 0.6 is 0 Å². The van der Waals surface area contributed by atoms with E-state index in [1.54, 1.807) is 24.3 Å². The molecule has 0 fully saturated rings. The van der Waals surface area contributed by atoms with Gasteiger partial charge in [-0.15, -0.1) is 0 Å². The Bertz CT molecular complexity index is 1270. The molecule has 1 aromatic heterocycles. The third-order valence-electron chi connectivity index (χ3n) is 4.86. The molecule has 0 aliphatic rings. The number of hydrogen-bond donors (Lipinski definition) is 1. The minimum Gasteiger partial charge on any atom is -0.457 e. The van der Waals surface area contributed by atoms with Crippen LogP contribution in [0, 0.1) is 11.3 Å². The summed E-state index contributed by atoms with van der Waals surface area (Å²) in [5.74, 6) is 1.37. The van der Waals surface area contributed by atoms with Crippen LogP contribution < -0.4 is 15.7 Å². The molecule has 1 N–H and O–H groups in total. The molecule has 0 saturated carbocycles. The molecule has 4 rings (SSSR count). The van der Waals surface area contributed by atoms with Crippen molar-refractivity contribution in [3.05, 3.63) is 99.9 Å². The predicted molar refractivity (Wildman–Crippen MR) is 117 cm³/mol. The summed E-state index contributed by atoms with van der Waals surface area (Å²) in [7, 11) is 0. The van der Waals surface area contributed by atoms with E-state index in [9.17, 15) is 4.79 Å².